The van der Waals surface area contributed by atoms with Crippen LogP contribution in [0.5, 0.6) is 0 Å². The molecule has 0 aliphatic heterocycles. The lowest BCUT2D eigenvalue weighted by molar-refractivity contribution is 0.818. The van der Waals surface area contributed by atoms with Crippen molar-refractivity contribution < 1.29 is 0 Å². The molecular formula is C11H12N4. The molecule has 0 unspecified atom stereocenters. The van der Waals surface area contributed by atoms with Gasteiger partial charge < -0.3 is 5.32 Å². The van der Waals surface area contributed by atoms with Crippen LogP contribution in [0.2, 0.25) is 0 Å². The molecule has 0 fully saturated rings. The van der Waals surface area contributed by atoms with E-state index in [1.807, 2.05) is 25.2 Å². The van der Waals surface area contributed by atoms with Crippen LogP contribution in [0.15, 0.2) is 18.2 Å². The van der Waals surface area contributed by atoms with Crippen molar-refractivity contribution in [2.45, 2.75) is 6.42 Å². The maximum atomic E-state index is 4.01. The first-order valence-electron chi connectivity index (χ1n) is 4.84. The quantitative estimate of drug-likeness (QED) is 0.560. The van der Waals surface area contributed by atoms with E-state index in [2.05, 4.69) is 32.6 Å². The average Bonchev–Trinajstić information content (AvgIpc) is 2.71. The molecule has 15 heavy (non-hydrogen) atoms. The zero-order valence-corrected chi connectivity index (χ0v) is 8.54. The highest BCUT2D eigenvalue weighted by Crippen LogP contribution is 2.09. The van der Waals surface area contributed by atoms with Gasteiger partial charge in [-0.2, -0.15) is 15.4 Å². The largest absolute Gasteiger partial charge is 0.319 e. The molecule has 0 bridgehead atoms. The lowest BCUT2D eigenvalue weighted by Gasteiger charge is -1.90. The standard InChI is InChI=1S/C11H12N4/c1-12-7-3-2-4-9-5-6-10-11(8-9)14-15-13-10/h5-6,8,12H,3,7H2,1H3,(H,13,14,15). The third-order valence-corrected chi connectivity index (χ3v) is 2.05. The van der Waals surface area contributed by atoms with E-state index in [9.17, 15) is 0 Å². The number of nitrogens with one attached hydrogen (secondary N) is 2. The van der Waals surface area contributed by atoms with Gasteiger partial charge in [0.1, 0.15) is 11.0 Å². The van der Waals surface area contributed by atoms with E-state index in [1.54, 1.807) is 0 Å². The number of hydrogen-bond acceptors (Lipinski definition) is 3. The van der Waals surface area contributed by atoms with Gasteiger partial charge in [0, 0.05) is 18.5 Å². The minimum Gasteiger partial charge on any atom is -0.319 e. The smallest absolute Gasteiger partial charge is 0.114 e. The van der Waals surface area contributed by atoms with Crippen molar-refractivity contribution in [2.24, 2.45) is 0 Å². The van der Waals surface area contributed by atoms with Crippen LogP contribution in [0.4, 0.5) is 0 Å². The molecule has 0 radical (unpaired) electrons. The van der Waals surface area contributed by atoms with Crippen LogP contribution < -0.4 is 5.32 Å². The summed E-state index contributed by atoms with van der Waals surface area (Å²) in [6.45, 7) is 0.916. The fourth-order valence-corrected chi connectivity index (χ4v) is 1.27. The van der Waals surface area contributed by atoms with Gasteiger partial charge in [-0.05, 0) is 25.2 Å². The topological polar surface area (TPSA) is 53.6 Å². The van der Waals surface area contributed by atoms with Crippen molar-refractivity contribution in [3.8, 4) is 11.8 Å². The summed E-state index contributed by atoms with van der Waals surface area (Å²) in [4.78, 5) is 0. The van der Waals surface area contributed by atoms with Crippen LogP contribution in [-0.2, 0) is 0 Å². The van der Waals surface area contributed by atoms with Crippen LogP contribution in [0.3, 0.4) is 0 Å². The molecular weight excluding hydrogens is 188 g/mol. The first kappa shape index (κ1) is 9.69. The van der Waals surface area contributed by atoms with Crippen molar-refractivity contribution in [3.05, 3.63) is 23.8 Å². The van der Waals surface area contributed by atoms with E-state index >= 15 is 0 Å². The molecule has 0 spiro atoms. The molecule has 2 N–H and O–H groups in total. The monoisotopic (exact) mass is 200 g/mol. The predicted molar refractivity (Wildman–Crippen MR) is 59.3 cm³/mol. The zero-order valence-electron chi connectivity index (χ0n) is 8.54. The minimum absolute atomic E-state index is 0.855. The Morgan fingerprint density at radius 2 is 2.20 bits per heavy atom. The summed E-state index contributed by atoms with van der Waals surface area (Å²) in [6.07, 6.45) is 0.855. The second-order valence-electron chi connectivity index (χ2n) is 3.18. The summed E-state index contributed by atoms with van der Waals surface area (Å²) in [6, 6.07) is 5.81. The molecule has 0 saturated heterocycles. The van der Waals surface area contributed by atoms with E-state index in [4.69, 9.17) is 0 Å². The van der Waals surface area contributed by atoms with Gasteiger partial charge in [0.05, 0.1) is 0 Å². The number of hydrogen-bond donors (Lipinski definition) is 2. The highest BCUT2D eigenvalue weighted by atomic mass is 15.3. The van der Waals surface area contributed by atoms with Crippen molar-refractivity contribution >= 4 is 11.0 Å². The molecule has 4 heteroatoms. The highest BCUT2D eigenvalue weighted by Gasteiger charge is 1.96. The lowest BCUT2D eigenvalue weighted by atomic mass is 10.2. The summed E-state index contributed by atoms with van der Waals surface area (Å²) in [5.41, 5.74) is 2.71. The van der Waals surface area contributed by atoms with Crippen LogP contribution in [-0.4, -0.2) is 29.0 Å². The maximum absolute atomic E-state index is 4.01. The number of aromatic nitrogens is 3. The molecule has 76 valence electrons. The molecule has 0 saturated carbocycles. The van der Waals surface area contributed by atoms with Gasteiger partial charge in [0.2, 0.25) is 0 Å². The number of aromatic amines is 1. The second kappa shape index (κ2) is 4.58. The lowest BCUT2D eigenvalue weighted by Crippen LogP contribution is -2.05. The van der Waals surface area contributed by atoms with Crippen LogP contribution in [0, 0.1) is 11.8 Å². The van der Waals surface area contributed by atoms with E-state index in [0.717, 1.165) is 29.6 Å². The Kier molecular flexibility index (Phi) is 2.96. The van der Waals surface area contributed by atoms with Crippen LogP contribution in [0.25, 0.3) is 11.0 Å². The number of H-pyrrole nitrogens is 1. The maximum Gasteiger partial charge on any atom is 0.114 e. The number of fused-ring (bicyclic) bond motifs is 1. The van der Waals surface area contributed by atoms with Gasteiger partial charge in [-0.3, -0.25) is 0 Å². The van der Waals surface area contributed by atoms with Crippen molar-refractivity contribution in [1.29, 1.82) is 0 Å². The van der Waals surface area contributed by atoms with Gasteiger partial charge >= 0.3 is 0 Å². The Hall–Kier alpha value is -1.86. The van der Waals surface area contributed by atoms with Gasteiger partial charge in [-0.1, -0.05) is 11.8 Å². The zero-order chi connectivity index (χ0) is 10.5. The van der Waals surface area contributed by atoms with E-state index in [0.29, 0.717) is 0 Å². The summed E-state index contributed by atoms with van der Waals surface area (Å²) < 4.78 is 0. The Balaban J connectivity index is 2.16. The van der Waals surface area contributed by atoms with Gasteiger partial charge in [-0.25, -0.2) is 0 Å². The second-order valence-corrected chi connectivity index (χ2v) is 3.18. The number of nitrogens with zero attached hydrogens (tertiary/aromatic N) is 2. The third kappa shape index (κ3) is 2.33. The third-order valence-electron chi connectivity index (χ3n) is 2.05. The molecule has 1 aromatic heterocycles. The van der Waals surface area contributed by atoms with Crippen LogP contribution >= 0.6 is 0 Å². The molecule has 2 aromatic rings. The van der Waals surface area contributed by atoms with Crippen molar-refractivity contribution in [2.75, 3.05) is 13.6 Å². The first-order valence-corrected chi connectivity index (χ1v) is 4.84. The molecule has 0 aliphatic carbocycles. The molecule has 4 nitrogen and oxygen atoms in total. The Morgan fingerprint density at radius 1 is 1.33 bits per heavy atom. The minimum atomic E-state index is 0.855. The van der Waals surface area contributed by atoms with E-state index < -0.39 is 0 Å². The SMILES string of the molecule is CNCCC#Cc1ccc2n[nH]nc2c1. The van der Waals surface area contributed by atoms with E-state index in [-0.39, 0.29) is 0 Å². The Labute approximate surface area is 88.1 Å². The summed E-state index contributed by atoms with van der Waals surface area (Å²) in [7, 11) is 1.92. The van der Waals surface area contributed by atoms with Crippen molar-refractivity contribution in [3.63, 3.8) is 0 Å². The predicted octanol–water partition coefficient (Wildman–Crippen LogP) is 0.919. The van der Waals surface area contributed by atoms with Crippen molar-refractivity contribution in [1.82, 2.24) is 20.7 Å². The van der Waals surface area contributed by atoms with Crippen LogP contribution in [0.1, 0.15) is 12.0 Å². The highest BCUT2D eigenvalue weighted by molar-refractivity contribution is 5.75. The van der Waals surface area contributed by atoms with Gasteiger partial charge in [0.15, 0.2) is 0 Å². The van der Waals surface area contributed by atoms with E-state index in [1.165, 1.54) is 0 Å². The van der Waals surface area contributed by atoms with Gasteiger partial charge in [0.25, 0.3) is 0 Å². The first-order chi connectivity index (χ1) is 7.40. The summed E-state index contributed by atoms with van der Waals surface area (Å²) in [5, 5.41) is 13.6. The number of benzene rings is 1. The molecule has 1 aromatic carbocycles. The summed E-state index contributed by atoms with van der Waals surface area (Å²) >= 11 is 0. The fourth-order valence-electron chi connectivity index (χ4n) is 1.27. The summed E-state index contributed by atoms with van der Waals surface area (Å²) in [5.74, 6) is 6.18. The normalized spacial score (nSPS) is 9.93. The number of rotatable bonds is 2. The molecule has 0 aliphatic rings. The molecule has 2 rings (SSSR count). The molecule has 0 atom stereocenters. The average molecular weight is 200 g/mol. The van der Waals surface area contributed by atoms with Gasteiger partial charge in [-0.15, -0.1) is 0 Å². The Bertz CT molecular complexity index is 504. The molecule has 0 amide bonds. The molecule has 1 heterocycles. The fraction of sp³-hybridized carbons (Fsp3) is 0.273. The Morgan fingerprint density at radius 3 is 3.07 bits per heavy atom.